The molecule has 2 aromatic carbocycles. The number of amides is 1. The van der Waals surface area contributed by atoms with E-state index in [1.807, 2.05) is 4.72 Å². The number of nitro benzene ring substituents is 1. The molecular weight excluding hydrogens is 412 g/mol. The van der Waals surface area contributed by atoms with Gasteiger partial charge in [0.05, 0.1) is 20.4 Å². The van der Waals surface area contributed by atoms with Crippen molar-refractivity contribution in [3.8, 4) is 0 Å². The molecule has 0 aromatic heterocycles. The van der Waals surface area contributed by atoms with Gasteiger partial charge in [-0.3, -0.25) is 14.9 Å². The Labute approximate surface area is 144 Å². The molecule has 120 valence electrons. The van der Waals surface area contributed by atoms with Crippen molar-refractivity contribution in [1.29, 1.82) is 0 Å². The number of hydrogen-bond donors (Lipinski definition) is 1. The first-order valence-corrected chi connectivity index (χ1v) is 8.63. The molecule has 1 amide bonds. The molecule has 0 atom stereocenters. The van der Waals surface area contributed by atoms with Gasteiger partial charge in [0.15, 0.2) is 0 Å². The van der Waals surface area contributed by atoms with Crippen molar-refractivity contribution >= 4 is 49.1 Å². The number of carbonyl (C=O) groups is 1. The first-order valence-electron chi connectivity index (χ1n) is 5.97. The van der Waals surface area contributed by atoms with E-state index in [1.165, 1.54) is 24.3 Å². The summed E-state index contributed by atoms with van der Waals surface area (Å²) < 4.78 is 26.8. The summed E-state index contributed by atoms with van der Waals surface area (Å²) in [5.74, 6) is -0.979. The van der Waals surface area contributed by atoms with E-state index in [4.69, 9.17) is 11.6 Å². The van der Waals surface area contributed by atoms with Crippen LogP contribution in [0.15, 0.2) is 51.8 Å². The summed E-state index contributed by atoms with van der Waals surface area (Å²) in [6.07, 6.45) is 0. The predicted octanol–water partition coefficient (Wildman–Crippen LogP) is 3.13. The monoisotopic (exact) mass is 418 g/mol. The molecule has 2 rings (SSSR count). The molecule has 10 heteroatoms. The van der Waals surface area contributed by atoms with E-state index in [2.05, 4.69) is 15.9 Å². The van der Waals surface area contributed by atoms with Crippen molar-refractivity contribution in [3.63, 3.8) is 0 Å². The van der Waals surface area contributed by atoms with Crippen LogP contribution < -0.4 is 4.72 Å². The molecule has 0 fully saturated rings. The van der Waals surface area contributed by atoms with Crippen LogP contribution in [0.2, 0.25) is 5.02 Å². The van der Waals surface area contributed by atoms with Gasteiger partial charge in [-0.1, -0.05) is 27.5 Å². The molecule has 0 saturated carbocycles. The third kappa shape index (κ3) is 4.06. The Bertz CT molecular complexity index is 884. The van der Waals surface area contributed by atoms with Crippen LogP contribution >= 0.6 is 27.5 Å². The molecular formula is C13H8BrClN2O5S. The third-order valence-corrected chi connectivity index (χ3v) is 4.95. The Morgan fingerprint density at radius 3 is 2.30 bits per heavy atom. The average Bonchev–Trinajstić information content (AvgIpc) is 2.46. The van der Waals surface area contributed by atoms with Gasteiger partial charge in [-0.05, 0) is 30.3 Å². The molecule has 0 aliphatic heterocycles. The third-order valence-electron chi connectivity index (χ3n) is 2.76. The van der Waals surface area contributed by atoms with Gasteiger partial charge >= 0.3 is 0 Å². The molecule has 0 unspecified atom stereocenters. The number of halogens is 2. The van der Waals surface area contributed by atoms with Crippen LogP contribution in [0.3, 0.4) is 0 Å². The Balaban J connectivity index is 2.28. The van der Waals surface area contributed by atoms with Gasteiger partial charge in [0, 0.05) is 16.6 Å². The maximum atomic E-state index is 12.1. The number of sulfonamides is 1. The highest BCUT2D eigenvalue weighted by atomic mass is 79.9. The number of carbonyl (C=O) groups excluding carboxylic acids is 1. The van der Waals surface area contributed by atoms with Crippen LogP contribution in [0.1, 0.15) is 10.4 Å². The molecule has 0 saturated heterocycles. The topological polar surface area (TPSA) is 106 Å². The van der Waals surface area contributed by atoms with Gasteiger partial charge < -0.3 is 0 Å². The summed E-state index contributed by atoms with van der Waals surface area (Å²) in [5, 5.41) is 10.4. The average molecular weight is 420 g/mol. The number of nitrogens with zero attached hydrogens (tertiary/aromatic N) is 1. The lowest BCUT2D eigenvalue weighted by Gasteiger charge is -2.08. The molecule has 23 heavy (non-hydrogen) atoms. The Morgan fingerprint density at radius 2 is 1.78 bits per heavy atom. The first kappa shape index (κ1) is 17.4. The Hall–Kier alpha value is -1.97. The highest BCUT2D eigenvalue weighted by Crippen LogP contribution is 2.23. The van der Waals surface area contributed by atoms with Gasteiger partial charge in [0.2, 0.25) is 0 Å². The Morgan fingerprint density at radius 1 is 1.17 bits per heavy atom. The van der Waals surface area contributed by atoms with E-state index in [1.54, 1.807) is 0 Å². The van der Waals surface area contributed by atoms with Gasteiger partial charge in [-0.2, -0.15) is 0 Å². The number of nitro groups is 1. The molecule has 1 N–H and O–H groups in total. The van der Waals surface area contributed by atoms with E-state index in [9.17, 15) is 23.3 Å². The summed E-state index contributed by atoms with van der Waals surface area (Å²) in [6.45, 7) is 0. The smallest absolute Gasteiger partial charge is 0.268 e. The van der Waals surface area contributed by atoms with Crippen LogP contribution in [0.4, 0.5) is 5.69 Å². The fraction of sp³-hybridized carbons (Fsp3) is 0. The zero-order valence-corrected chi connectivity index (χ0v) is 14.4. The lowest BCUT2D eigenvalue weighted by molar-refractivity contribution is -0.384. The normalized spacial score (nSPS) is 11.0. The summed E-state index contributed by atoms with van der Waals surface area (Å²) >= 11 is 8.97. The zero-order valence-electron chi connectivity index (χ0n) is 11.2. The van der Waals surface area contributed by atoms with Crippen molar-refractivity contribution in [1.82, 2.24) is 4.72 Å². The highest BCUT2D eigenvalue weighted by molar-refractivity contribution is 9.10. The molecule has 0 heterocycles. The number of benzene rings is 2. The van der Waals surface area contributed by atoms with Gasteiger partial charge in [0.25, 0.3) is 21.6 Å². The summed E-state index contributed by atoms with van der Waals surface area (Å²) in [4.78, 5) is 21.9. The van der Waals surface area contributed by atoms with Crippen LogP contribution in [0.5, 0.6) is 0 Å². The minimum atomic E-state index is -4.08. The maximum Gasteiger partial charge on any atom is 0.270 e. The standard InChI is InChI=1S/C13H8BrClN2O5S/c14-8-1-4-10(5-2-8)23(21,22)16-13(18)11-6-3-9(17(19)20)7-12(11)15/h1-7H,(H,16,18). The van der Waals surface area contributed by atoms with Crippen molar-refractivity contribution in [2.75, 3.05) is 0 Å². The molecule has 0 radical (unpaired) electrons. The number of nitrogens with one attached hydrogen (secondary N) is 1. The van der Waals surface area contributed by atoms with Crippen LogP contribution in [-0.2, 0) is 10.0 Å². The number of non-ortho nitro benzene ring substituents is 1. The van der Waals surface area contributed by atoms with Crippen molar-refractivity contribution in [3.05, 3.63) is 67.6 Å². The van der Waals surface area contributed by atoms with E-state index in [0.29, 0.717) is 4.47 Å². The van der Waals surface area contributed by atoms with Crippen molar-refractivity contribution in [2.24, 2.45) is 0 Å². The van der Waals surface area contributed by atoms with E-state index in [-0.39, 0.29) is 21.2 Å². The zero-order chi connectivity index (χ0) is 17.2. The Kier molecular flexibility index (Phi) is 5.03. The predicted molar refractivity (Wildman–Crippen MR) is 86.9 cm³/mol. The minimum Gasteiger partial charge on any atom is -0.268 e. The lowest BCUT2D eigenvalue weighted by Crippen LogP contribution is -2.30. The van der Waals surface area contributed by atoms with Gasteiger partial charge in [-0.15, -0.1) is 0 Å². The second kappa shape index (κ2) is 6.65. The molecule has 0 aliphatic rings. The lowest BCUT2D eigenvalue weighted by atomic mass is 10.2. The second-order valence-corrected chi connectivity index (χ2v) is 7.32. The number of rotatable bonds is 4. The van der Waals surface area contributed by atoms with E-state index < -0.39 is 20.9 Å². The first-order chi connectivity index (χ1) is 10.7. The van der Waals surface area contributed by atoms with E-state index >= 15 is 0 Å². The maximum absolute atomic E-state index is 12.1. The van der Waals surface area contributed by atoms with Crippen molar-refractivity contribution < 1.29 is 18.1 Å². The molecule has 2 aromatic rings. The van der Waals surface area contributed by atoms with Crippen molar-refractivity contribution in [2.45, 2.75) is 4.90 Å². The number of hydrogen-bond acceptors (Lipinski definition) is 5. The van der Waals surface area contributed by atoms with E-state index in [0.717, 1.165) is 18.2 Å². The quantitative estimate of drug-likeness (QED) is 0.605. The van der Waals surface area contributed by atoms with Gasteiger partial charge in [0.1, 0.15) is 0 Å². The minimum absolute atomic E-state index is 0.105. The van der Waals surface area contributed by atoms with Gasteiger partial charge in [-0.25, -0.2) is 13.1 Å². The summed E-state index contributed by atoms with van der Waals surface area (Å²) in [5.41, 5.74) is -0.486. The SMILES string of the molecule is O=C(NS(=O)(=O)c1ccc(Br)cc1)c1ccc([N+](=O)[O-])cc1Cl. The molecule has 0 spiro atoms. The summed E-state index contributed by atoms with van der Waals surface area (Å²) in [7, 11) is -4.08. The van der Waals surface area contributed by atoms with Crippen LogP contribution in [0.25, 0.3) is 0 Å². The highest BCUT2D eigenvalue weighted by Gasteiger charge is 2.21. The molecule has 0 aliphatic carbocycles. The summed E-state index contributed by atoms with van der Waals surface area (Å²) in [6, 6.07) is 8.78. The van der Waals surface area contributed by atoms with Crippen LogP contribution in [0, 0.1) is 10.1 Å². The molecule has 0 bridgehead atoms. The largest absolute Gasteiger partial charge is 0.270 e. The fourth-order valence-electron chi connectivity index (χ4n) is 1.65. The fourth-order valence-corrected chi connectivity index (χ4v) is 3.14. The van der Waals surface area contributed by atoms with Crippen LogP contribution in [-0.4, -0.2) is 19.2 Å². The second-order valence-electron chi connectivity index (χ2n) is 4.31. The molecule has 7 nitrogen and oxygen atoms in total.